The average Bonchev–Trinajstić information content (AvgIpc) is 2.47. The van der Waals surface area contributed by atoms with Crippen LogP contribution < -0.4 is 10.6 Å². The zero-order chi connectivity index (χ0) is 14.5. The Kier molecular flexibility index (Phi) is 4.88. The molecule has 2 rings (SSSR count). The summed E-state index contributed by atoms with van der Waals surface area (Å²) in [4.78, 5) is 14.4. The molecule has 0 radical (unpaired) electrons. The van der Waals surface area contributed by atoms with Gasteiger partial charge in [0.15, 0.2) is 0 Å². The molecule has 1 fully saturated rings. The van der Waals surface area contributed by atoms with E-state index in [4.69, 9.17) is 10.5 Å². The van der Waals surface area contributed by atoms with Gasteiger partial charge in [-0.25, -0.2) is 4.79 Å². The van der Waals surface area contributed by atoms with Crippen LogP contribution in [0.15, 0.2) is 18.2 Å². The molecule has 0 aromatic heterocycles. The molecule has 1 atom stereocenters. The number of nitrogens with zero attached hydrogens (tertiary/aromatic N) is 1. The molecule has 0 spiro atoms. The number of piperidine rings is 1. The lowest BCUT2D eigenvalue weighted by molar-refractivity contribution is 0.0527. The minimum atomic E-state index is -0.284. The molecule has 110 valence electrons. The van der Waals surface area contributed by atoms with E-state index in [1.807, 2.05) is 19.1 Å². The van der Waals surface area contributed by atoms with E-state index in [9.17, 15) is 4.79 Å². The minimum Gasteiger partial charge on any atom is -0.462 e. The van der Waals surface area contributed by atoms with Gasteiger partial charge in [-0.2, -0.15) is 0 Å². The summed E-state index contributed by atoms with van der Waals surface area (Å²) in [6.45, 7) is 6.34. The number of ether oxygens (including phenoxy) is 1. The molecule has 4 nitrogen and oxygen atoms in total. The number of nitrogens with two attached hydrogens (primary N) is 1. The highest BCUT2D eigenvalue weighted by Gasteiger charge is 2.24. The number of hydrogen-bond acceptors (Lipinski definition) is 4. The van der Waals surface area contributed by atoms with Crippen LogP contribution in [-0.2, 0) is 4.74 Å². The standard InChI is InChI=1S/C16H24N2O2/c1-3-12-7-6-10-18(11-12)15-13(16(19)20-4-2)8-5-9-14(15)17/h5,8-9,12H,3-4,6-7,10-11,17H2,1-2H3. The second-order valence-corrected chi connectivity index (χ2v) is 5.33. The Morgan fingerprint density at radius 3 is 2.95 bits per heavy atom. The van der Waals surface area contributed by atoms with Gasteiger partial charge in [-0.3, -0.25) is 0 Å². The fourth-order valence-electron chi connectivity index (χ4n) is 2.89. The molecule has 1 aliphatic rings. The molecule has 0 aliphatic carbocycles. The summed E-state index contributed by atoms with van der Waals surface area (Å²) in [7, 11) is 0. The van der Waals surface area contributed by atoms with Crippen molar-refractivity contribution in [3.05, 3.63) is 23.8 Å². The predicted octanol–water partition coefficient (Wildman–Crippen LogP) is 3.07. The quantitative estimate of drug-likeness (QED) is 0.678. The van der Waals surface area contributed by atoms with Crippen molar-refractivity contribution in [2.75, 3.05) is 30.3 Å². The van der Waals surface area contributed by atoms with Gasteiger partial charge in [0.05, 0.1) is 23.5 Å². The Morgan fingerprint density at radius 2 is 2.25 bits per heavy atom. The summed E-state index contributed by atoms with van der Waals surface area (Å²) < 4.78 is 5.15. The van der Waals surface area contributed by atoms with Gasteiger partial charge in [-0.15, -0.1) is 0 Å². The zero-order valence-electron chi connectivity index (χ0n) is 12.4. The molecule has 20 heavy (non-hydrogen) atoms. The highest BCUT2D eigenvalue weighted by atomic mass is 16.5. The van der Waals surface area contributed by atoms with Crippen molar-refractivity contribution < 1.29 is 9.53 Å². The van der Waals surface area contributed by atoms with Crippen LogP contribution in [-0.4, -0.2) is 25.7 Å². The van der Waals surface area contributed by atoms with Gasteiger partial charge in [0.2, 0.25) is 0 Å². The van der Waals surface area contributed by atoms with Crippen LogP contribution in [0.3, 0.4) is 0 Å². The fraction of sp³-hybridized carbons (Fsp3) is 0.562. The first-order valence-electron chi connectivity index (χ1n) is 7.47. The van der Waals surface area contributed by atoms with Gasteiger partial charge in [0.25, 0.3) is 0 Å². The molecule has 2 N–H and O–H groups in total. The van der Waals surface area contributed by atoms with Crippen LogP contribution in [0.25, 0.3) is 0 Å². The van der Waals surface area contributed by atoms with Crippen LogP contribution in [0.1, 0.15) is 43.5 Å². The smallest absolute Gasteiger partial charge is 0.340 e. The number of hydrogen-bond donors (Lipinski definition) is 1. The minimum absolute atomic E-state index is 0.284. The van der Waals surface area contributed by atoms with Crippen molar-refractivity contribution in [3.8, 4) is 0 Å². The third-order valence-corrected chi connectivity index (χ3v) is 3.98. The summed E-state index contributed by atoms with van der Waals surface area (Å²) in [5.74, 6) is 0.395. The lowest BCUT2D eigenvalue weighted by Crippen LogP contribution is -2.36. The number of nitrogen functional groups attached to an aromatic ring is 1. The molecular weight excluding hydrogens is 252 g/mol. The van der Waals surface area contributed by atoms with Crippen molar-refractivity contribution in [2.45, 2.75) is 33.1 Å². The Hall–Kier alpha value is -1.71. The highest BCUT2D eigenvalue weighted by Crippen LogP contribution is 2.32. The summed E-state index contributed by atoms with van der Waals surface area (Å²) in [6, 6.07) is 5.47. The van der Waals surface area contributed by atoms with Gasteiger partial charge in [0, 0.05) is 13.1 Å². The number of carbonyl (C=O) groups is 1. The maximum absolute atomic E-state index is 12.1. The second kappa shape index (κ2) is 6.64. The molecule has 1 unspecified atom stereocenters. The Morgan fingerprint density at radius 1 is 1.45 bits per heavy atom. The first kappa shape index (κ1) is 14.7. The number of esters is 1. The largest absolute Gasteiger partial charge is 0.462 e. The van der Waals surface area contributed by atoms with Crippen LogP contribution >= 0.6 is 0 Å². The maximum atomic E-state index is 12.1. The zero-order valence-corrected chi connectivity index (χ0v) is 12.4. The van der Waals surface area contributed by atoms with Crippen LogP contribution in [0.2, 0.25) is 0 Å². The third kappa shape index (κ3) is 3.06. The lowest BCUT2D eigenvalue weighted by Gasteiger charge is -2.35. The Labute approximate surface area is 120 Å². The molecular formula is C16H24N2O2. The fourth-order valence-corrected chi connectivity index (χ4v) is 2.89. The second-order valence-electron chi connectivity index (χ2n) is 5.33. The highest BCUT2D eigenvalue weighted by molar-refractivity contribution is 5.99. The first-order valence-corrected chi connectivity index (χ1v) is 7.47. The molecule has 4 heteroatoms. The van der Waals surface area contributed by atoms with Gasteiger partial charge in [-0.05, 0) is 37.8 Å². The number of para-hydroxylation sites is 1. The first-order chi connectivity index (χ1) is 9.67. The molecule has 1 aromatic carbocycles. The van der Waals surface area contributed by atoms with Crippen LogP contribution in [0.4, 0.5) is 11.4 Å². The lowest BCUT2D eigenvalue weighted by atomic mass is 9.94. The van der Waals surface area contributed by atoms with Gasteiger partial charge in [-0.1, -0.05) is 19.4 Å². The van der Waals surface area contributed by atoms with Crippen molar-refractivity contribution in [3.63, 3.8) is 0 Å². The topological polar surface area (TPSA) is 55.6 Å². The summed E-state index contributed by atoms with van der Waals surface area (Å²) in [5, 5.41) is 0. The van der Waals surface area contributed by atoms with Gasteiger partial charge >= 0.3 is 5.97 Å². The molecule has 0 amide bonds. The SMILES string of the molecule is CCOC(=O)c1cccc(N)c1N1CCCC(CC)C1. The number of benzene rings is 1. The van der Waals surface area contributed by atoms with E-state index in [0.717, 1.165) is 31.6 Å². The summed E-state index contributed by atoms with van der Waals surface area (Å²) in [6.07, 6.45) is 3.57. The van der Waals surface area contributed by atoms with E-state index in [2.05, 4.69) is 11.8 Å². The van der Waals surface area contributed by atoms with E-state index in [-0.39, 0.29) is 5.97 Å². The van der Waals surface area contributed by atoms with Crippen molar-refractivity contribution in [1.29, 1.82) is 0 Å². The Balaban J connectivity index is 2.31. The van der Waals surface area contributed by atoms with Crippen LogP contribution in [0.5, 0.6) is 0 Å². The van der Waals surface area contributed by atoms with Gasteiger partial charge in [0.1, 0.15) is 0 Å². The molecule has 0 saturated carbocycles. The van der Waals surface area contributed by atoms with E-state index in [1.54, 1.807) is 6.07 Å². The maximum Gasteiger partial charge on any atom is 0.340 e. The van der Waals surface area contributed by atoms with Crippen molar-refractivity contribution in [1.82, 2.24) is 0 Å². The monoisotopic (exact) mass is 276 g/mol. The number of carbonyl (C=O) groups excluding carboxylic acids is 1. The third-order valence-electron chi connectivity index (χ3n) is 3.98. The van der Waals surface area contributed by atoms with Gasteiger partial charge < -0.3 is 15.4 Å². The predicted molar refractivity (Wildman–Crippen MR) is 82.0 cm³/mol. The van der Waals surface area contributed by atoms with E-state index < -0.39 is 0 Å². The molecule has 1 heterocycles. The molecule has 0 bridgehead atoms. The van der Waals surface area contributed by atoms with E-state index in [1.165, 1.54) is 6.42 Å². The number of anilines is 2. The average molecular weight is 276 g/mol. The molecule has 1 aromatic rings. The van der Waals surface area contributed by atoms with Crippen LogP contribution in [0, 0.1) is 5.92 Å². The summed E-state index contributed by atoms with van der Waals surface area (Å²) >= 11 is 0. The normalized spacial score (nSPS) is 18.9. The van der Waals surface area contributed by atoms with Crippen molar-refractivity contribution >= 4 is 17.3 Å². The summed E-state index contributed by atoms with van der Waals surface area (Å²) in [5.41, 5.74) is 8.22. The van der Waals surface area contributed by atoms with E-state index in [0.29, 0.717) is 23.8 Å². The van der Waals surface area contributed by atoms with E-state index >= 15 is 0 Å². The Bertz CT molecular complexity index is 474. The van der Waals surface area contributed by atoms with Crippen molar-refractivity contribution in [2.24, 2.45) is 5.92 Å². The molecule has 1 saturated heterocycles. The molecule has 1 aliphatic heterocycles. The number of rotatable bonds is 4.